The van der Waals surface area contributed by atoms with Crippen molar-refractivity contribution in [3.05, 3.63) is 0 Å². The second-order valence-electron chi connectivity index (χ2n) is 5.90. The molecule has 1 saturated heterocycles. The van der Waals surface area contributed by atoms with Crippen molar-refractivity contribution in [1.82, 2.24) is 15.5 Å². The lowest BCUT2D eigenvalue weighted by Crippen LogP contribution is -2.58. The Hall–Kier alpha value is -0.120. The van der Waals surface area contributed by atoms with Crippen molar-refractivity contribution in [1.29, 1.82) is 0 Å². The van der Waals surface area contributed by atoms with Crippen molar-refractivity contribution in [3.63, 3.8) is 0 Å². The van der Waals surface area contributed by atoms with Gasteiger partial charge < -0.3 is 10.6 Å². The molecule has 1 heterocycles. The van der Waals surface area contributed by atoms with Crippen LogP contribution >= 0.6 is 0 Å². The topological polar surface area (TPSA) is 27.3 Å². The highest BCUT2D eigenvalue weighted by atomic mass is 15.2. The van der Waals surface area contributed by atoms with E-state index in [1.165, 1.54) is 25.9 Å². The van der Waals surface area contributed by atoms with Gasteiger partial charge in [0.05, 0.1) is 0 Å². The van der Waals surface area contributed by atoms with Crippen molar-refractivity contribution < 1.29 is 0 Å². The van der Waals surface area contributed by atoms with E-state index < -0.39 is 0 Å². The van der Waals surface area contributed by atoms with E-state index in [1.807, 2.05) is 0 Å². The Bertz CT molecular complexity index is 209. The third kappa shape index (κ3) is 3.44. The lowest BCUT2D eigenvalue weighted by Gasteiger charge is -2.47. The first kappa shape index (κ1) is 13.9. The summed E-state index contributed by atoms with van der Waals surface area (Å²) in [5, 5.41) is 6.86. The van der Waals surface area contributed by atoms with Gasteiger partial charge in [0.1, 0.15) is 0 Å². The maximum Gasteiger partial charge on any atom is 0.0197 e. The van der Waals surface area contributed by atoms with E-state index in [1.54, 1.807) is 0 Å². The molecule has 0 spiro atoms. The number of hydrogen-bond donors (Lipinski definition) is 2. The summed E-state index contributed by atoms with van der Waals surface area (Å²) in [4.78, 5) is 2.66. The van der Waals surface area contributed by atoms with Crippen LogP contribution in [0.4, 0.5) is 0 Å². The van der Waals surface area contributed by atoms with Gasteiger partial charge in [-0.2, -0.15) is 0 Å². The molecule has 16 heavy (non-hydrogen) atoms. The molecule has 0 amide bonds. The minimum Gasteiger partial charge on any atom is -0.315 e. The van der Waals surface area contributed by atoms with Crippen molar-refractivity contribution in [2.45, 2.75) is 51.6 Å². The predicted molar refractivity (Wildman–Crippen MR) is 70.9 cm³/mol. The minimum atomic E-state index is 0.218. The molecule has 0 aliphatic carbocycles. The molecule has 96 valence electrons. The molecule has 0 aromatic heterocycles. The summed E-state index contributed by atoms with van der Waals surface area (Å²) in [5.41, 5.74) is 0.546. The zero-order valence-electron chi connectivity index (χ0n) is 11.7. The van der Waals surface area contributed by atoms with Gasteiger partial charge in [0, 0.05) is 37.3 Å². The number of nitrogens with zero attached hydrogens (tertiary/aromatic N) is 1. The first-order valence-electron chi connectivity index (χ1n) is 6.58. The van der Waals surface area contributed by atoms with Gasteiger partial charge in [-0.25, -0.2) is 0 Å². The summed E-state index contributed by atoms with van der Waals surface area (Å²) < 4.78 is 0. The Balaban J connectivity index is 2.67. The molecule has 1 fully saturated rings. The lowest BCUT2D eigenvalue weighted by atomic mass is 9.82. The summed E-state index contributed by atoms with van der Waals surface area (Å²) >= 11 is 0. The van der Waals surface area contributed by atoms with Gasteiger partial charge in [-0.15, -0.1) is 0 Å². The van der Waals surface area contributed by atoms with Crippen molar-refractivity contribution in [2.75, 3.05) is 33.2 Å². The highest BCUT2D eigenvalue weighted by Crippen LogP contribution is 2.29. The van der Waals surface area contributed by atoms with Crippen molar-refractivity contribution in [2.24, 2.45) is 0 Å². The van der Waals surface area contributed by atoms with Gasteiger partial charge in [-0.05, 0) is 40.7 Å². The Morgan fingerprint density at radius 2 is 1.75 bits per heavy atom. The largest absolute Gasteiger partial charge is 0.315 e. The van der Waals surface area contributed by atoms with Crippen LogP contribution in [-0.4, -0.2) is 49.2 Å². The van der Waals surface area contributed by atoms with Crippen LogP contribution in [0.25, 0.3) is 0 Å². The molecule has 0 bridgehead atoms. The maximum absolute atomic E-state index is 3.43. The molecule has 1 rings (SSSR count). The molecule has 0 radical (unpaired) electrons. The third-order valence-electron chi connectivity index (χ3n) is 4.14. The van der Waals surface area contributed by atoms with E-state index in [0.29, 0.717) is 5.54 Å². The molecule has 1 atom stereocenters. The van der Waals surface area contributed by atoms with Gasteiger partial charge in [-0.3, -0.25) is 4.90 Å². The summed E-state index contributed by atoms with van der Waals surface area (Å²) in [5.74, 6) is 0. The SMILES string of the molecule is CCC(C)(CC(C)(C)NC)N1CCNCC1. The monoisotopic (exact) mass is 227 g/mol. The average molecular weight is 227 g/mol. The first-order valence-corrected chi connectivity index (χ1v) is 6.58. The fourth-order valence-electron chi connectivity index (χ4n) is 2.71. The molecule has 1 aliphatic heterocycles. The second-order valence-corrected chi connectivity index (χ2v) is 5.90. The summed E-state index contributed by atoms with van der Waals surface area (Å²) in [7, 11) is 2.06. The van der Waals surface area contributed by atoms with Gasteiger partial charge >= 0.3 is 0 Å². The van der Waals surface area contributed by atoms with E-state index >= 15 is 0 Å². The highest BCUT2D eigenvalue weighted by Gasteiger charge is 2.35. The highest BCUT2D eigenvalue weighted by molar-refractivity contribution is 4.94. The normalized spacial score (nSPS) is 23.1. The molecule has 1 aliphatic rings. The van der Waals surface area contributed by atoms with E-state index in [2.05, 4.69) is 50.3 Å². The number of piperazine rings is 1. The van der Waals surface area contributed by atoms with Gasteiger partial charge in [0.2, 0.25) is 0 Å². The lowest BCUT2D eigenvalue weighted by molar-refractivity contribution is 0.0551. The van der Waals surface area contributed by atoms with E-state index in [4.69, 9.17) is 0 Å². The quantitative estimate of drug-likeness (QED) is 0.744. The minimum absolute atomic E-state index is 0.218. The van der Waals surface area contributed by atoms with Crippen LogP contribution in [-0.2, 0) is 0 Å². The van der Waals surface area contributed by atoms with E-state index in [0.717, 1.165) is 13.1 Å². The molecular formula is C13H29N3. The summed E-state index contributed by atoms with van der Waals surface area (Å²) in [6.45, 7) is 14.0. The summed E-state index contributed by atoms with van der Waals surface area (Å²) in [6.07, 6.45) is 2.42. The fraction of sp³-hybridized carbons (Fsp3) is 1.00. The van der Waals surface area contributed by atoms with Crippen LogP contribution in [0.3, 0.4) is 0 Å². The Morgan fingerprint density at radius 3 is 2.19 bits per heavy atom. The number of rotatable bonds is 5. The Labute approximate surface area is 101 Å². The van der Waals surface area contributed by atoms with Crippen LogP contribution in [0.2, 0.25) is 0 Å². The molecule has 3 nitrogen and oxygen atoms in total. The van der Waals surface area contributed by atoms with E-state index in [-0.39, 0.29) is 5.54 Å². The molecule has 1 unspecified atom stereocenters. The average Bonchev–Trinajstić information content (AvgIpc) is 2.29. The predicted octanol–water partition coefficient (Wildman–Crippen LogP) is 1.45. The van der Waals surface area contributed by atoms with Gasteiger partial charge in [-0.1, -0.05) is 6.92 Å². The number of nitrogens with one attached hydrogen (secondary N) is 2. The molecular weight excluding hydrogens is 198 g/mol. The summed E-state index contributed by atoms with van der Waals surface area (Å²) in [6, 6.07) is 0. The van der Waals surface area contributed by atoms with Crippen LogP contribution in [0.5, 0.6) is 0 Å². The van der Waals surface area contributed by atoms with Crippen LogP contribution in [0, 0.1) is 0 Å². The molecule has 2 N–H and O–H groups in total. The number of hydrogen-bond acceptors (Lipinski definition) is 3. The molecule has 0 aromatic carbocycles. The van der Waals surface area contributed by atoms with Crippen LogP contribution in [0.15, 0.2) is 0 Å². The Morgan fingerprint density at radius 1 is 1.19 bits per heavy atom. The third-order valence-corrected chi connectivity index (χ3v) is 4.14. The Kier molecular flexibility index (Phi) is 4.77. The van der Waals surface area contributed by atoms with Crippen molar-refractivity contribution in [3.8, 4) is 0 Å². The van der Waals surface area contributed by atoms with Gasteiger partial charge in [0.15, 0.2) is 0 Å². The van der Waals surface area contributed by atoms with Crippen molar-refractivity contribution >= 4 is 0 Å². The molecule has 3 heteroatoms. The first-order chi connectivity index (χ1) is 7.43. The van der Waals surface area contributed by atoms with E-state index in [9.17, 15) is 0 Å². The zero-order chi connectivity index (χ0) is 12.2. The van der Waals surface area contributed by atoms with Gasteiger partial charge in [0.25, 0.3) is 0 Å². The maximum atomic E-state index is 3.43. The fourth-order valence-corrected chi connectivity index (χ4v) is 2.71. The smallest absolute Gasteiger partial charge is 0.0197 e. The van der Waals surface area contributed by atoms with Crippen LogP contribution in [0.1, 0.15) is 40.5 Å². The molecule has 0 aromatic rings. The second kappa shape index (κ2) is 5.48. The molecule has 0 saturated carbocycles. The van der Waals surface area contributed by atoms with Crippen LogP contribution < -0.4 is 10.6 Å². The zero-order valence-corrected chi connectivity index (χ0v) is 11.7. The standard InChI is InChI=1S/C13H29N3/c1-6-13(4,11-12(2,3)14-5)16-9-7-15-8-10-16/h14-15H,6-11H2,1-5H3.